The molecule has 1 aromatic carbocycles. The lowest BCUT2D eigenvalue weighted by molar-refractivity contribution is -0.142. The monoisotopic (exact) mass is 408 g/mol. The molecular weight excluding hydrogens is 385 g/mol. The summed E-state index contributed by atoms with van der Waals surface area (Å²) in [5.74, 6) is 0.0352. The van der Waals surface area contributed by atoms with Crippen molar-refractivity contribution in [3.63, 3.8) is 0 Å². The molecule has 0 radical (unpaired) electrons. The third-order valence-electron chi connectivity index (χ3n) is 4.80. The Labute approximate surface area is 167 Å². The molecule has 2 heterocycles. The smallest absolute Gasteiger partial charge is 0.434 e. The van der Waals surface area contributed by atoms with Crippen molar-refractivity contribution in [2.45, 2.75) is 32.1 Å². The normalized spacial score (nSPS) is 17.9. The molecule has 1 aliphatic heterocycles. The molecule has 0 amide bonds. The van der Waals surface area contributed by atoms with Crippen LogP contribution in [0.4, 0.5) is 19.0 Å². The van der Waals surface area contributed by atoms with Gasteiger partial charge in [-0.2, -0.15) is 13.2 Å². The molecule has 0 aliphatic carbocycles. The Morgan fingerprint density at radius 2 is 1.93 bits per heavy atom. The summed E-state index contributed by atoms with van der Waals surface area (Å²) in [4.78, 5) is 22.8. The van der Waals surface area contributed by atoms with E-state index in [9.17, 15) is 18.0 Å². The molecule has 0 bridgehead atoms. The number of nitrogens with zero attached hydrogens (tertiary/aromatic N) is 4. The van der Waals surface area contributed by atoms with E-state index in [4.69, 9.17) is 4.74 Å². The number of anilines is 1. The Morgan fingerprint density at radius 3 is 2.55 bits per heavy atom. The van der Waals surface area contributed by atoms with Crippen LogP contribution in [0.3, 0.4) is 0 Å². The molecule has 0 N–H and O–H groups in total. The number of carbonyl (C=O) groups excluding carboxylic acids is 1. The van der Waals surface area contributed by atoms with Gasteiger partial charge in [-0.15, -0.1) is 0 Å². The van der Waals surface area contributed by atoms with Gasteiger partial charge in [0.25, 0.3) is 0 Å². The summed E-state index contributed by atoms with van der Waals surface area (Å²) in [7, 11) is 0. The second kappa shape index (κ2) is 9.21. The molecule has 0 saturated carbocycles. The summed E-state index contributed by atoms with van der Waals surface area (Å²) >= 11 is 0. The van der Waals surface area contributed by atoms with Crippen LogP contribution in [-0.2, 0) is 22.3 Å². The Kier molecular flexibility index (Phi) is 6.68. The Hall–Kier alpha value is -2.68. The Balaban J connectivity index is 1.71. The lowest BCUT2D eigenvalue weighted by Crippen LogP contribution is -2.53. The van der Waals surface area contributed by atoms with Gasteiger partial charge in [0.05, 0.1) is 19.0 Å². The van der Waals surface area contributed by atoms with Crippen molar-refractivity contribution in [2.24, 2.45) is 0 Å². The molecule has 0 spiro atoms. The van der Waals surface area contributed by atoms with Crippen molar-refractivity contribution in [3.8, 4) is 0 Å². The van der Waals surface area contributed by atoms with E-state index in [0.717, 1.165) is 25.5 Å². The van der Waals surface area contributed by atoms with E-state index < -0.39 is 11.9 Å². The fourth-order valence-electron chi connectivity index (χ4n) is 3.41. The SMILES string of the molecule is CC(=O)OCC[C@H]1CN(Cc2ccccc2)CCN1c1cnc(C(F)(F)F)cn1. The van der Waals surface area contributed by atoms with Crippen LogP contribution in [0, 0.1) is 0 Å². The highest BCUT2D eigenvalue weighted by Crippen LogP contribution is 2.28. The molecule has 6 nitrogen and oxygen atoms in total. The van der Waals surface area contributed by atoms with Gasteiger partial charge in [0.2, 0.25) is 0 Å². The fourth-order valence-corrected chi connectivity index (χ4v) is 3.41. The predicted octanol–water partition coefficient (Wildman–Crippen LogP) is 3.14. The number of hydrogen-bond donors (Lipinski definition) is 0. The molecule has 9 heteroatoms. The van der Waals surface area contributed by atoms with Crippen LogP contribution in [0.5, 0.6) is 0 Å². The van der Waals surface area contributed by atoms with E-state index in [0.29, 0.717) is 25.3 Å². The number of rotatable bonds is 6. The molecule has 29 heavy (non-hydrogen) atoms. The first-order valence-electron chi connectivity index (χ1n) is 9.38. The minimum absolute atomic E-state index is 0.0575. The molecule has 1 atom stereocenters. The van der Waals surface area contributed by atoms with Crippen LogP contribution in [0.1, 0.15) is 24.6 Å². The first-order valence-corrected chi connectivity index (χ1v) is 9.38. The van der Waals surface area contributed by atoms with E-state index in [1.54, 1.807) is 0 Å². The number of piperazine rings is 1. The third kappa shape index (κ3) is 5.90. The van der Waals surface area contributed by atoms with Gasteiger partial charge < -0.3 is 9.64 Å². The van der Waals surface area contributed by atoms with Crippen LogP contribution in [0.2, 0.25) is 0 Å². The van der Waals surface area contributed by atoms with Gasteiger partial charge in [0.15, 0.2) is 5.69 Å². The van der Waals surface area contributed by atoms with Gasteiger partial charge in [-0.05, 0) is 5.56 Å². The topological polar surface area (TPSA) is 58.6 Å². The molecule has 1 aliphatic rings. The number of carbonyl (C=O) groups is 1. The van der Waals surface area contributed by atoms with E-state index >= 15 is 0 Å². The number of esters is 1. The average Bonchev–Trinajstić information content (AvgIpc) is 2.68. The molecule has 0 unspecified atom stereocenters. The number of hydrogen-bond acceptors (Lipinski definition) is 6. The van der Waals surface area contributed by atoms with Gasteiger partial charge >= 0.3 is 12.1 Å². The first-order chi connectivity index (χ1) is 13.8. The van der Waals surface area contributed by atoms with E-state index in [1.807, 2.05) is 23.1 Å². The van der Waals surface area contributed by atoms with Crippen LogP contribution in [-0.4, -0.2) is 53.1 Å². The number of alkyl halides is 3. The maximum absolute atomic E-state index is 12.8. The third-order valence-corrected chi connectivity index (χ3v) is 4.80. The van der Waals surface area contributed by atoms with Gasteiger partial charge in [-0.1, -0.05) is 30.3 Å². The summed E-state index contributed by atoms with van der Waals surface area (Å²) in [5.41, 5.74) is 0.175. The van der Waals surface area contributed by atoms with Gasteiger partial charge in [-0.3, -0.25) is 9.69 Å². The highest BCUT2D eigenvalue weighted by Gasteiger charge is 2.34. The zero-order chi connectivity index (χ0) is 20.9. The summed E-state index contributed by atoms with van der Waals surface area (Å²) in [6, 6.07) is 10.00. The molecular formula is C20H23F3N4O2. The van der Waals surface area contributed by atoms with E-state index in [2.05, 4.69) is 27.0 Å². The standard InChI is InChI=1S/C20H23F3N4O2/c1-15(28)29-10-7-17-14-26(13-16-5-3-2-4-6-16)8-9-27(17)19-12-24-18(11-25-19)20(21,22)23/h2-6,11-12,17H,7-10,13-14H2,1H3/t17-/m0/s1. The van der Waals surface area contributed by atoms with E-state index in [-0.39, 0.29) is 18.6 Å². The quantitative estimate of drug-likeness (QED) is 0.685. The molecule has 1 fully saturated rings. The average molecular weight is 408 g/mol. The zero-order valence-electron chi connectivity index (χ0n) is 16.1. The highest BCUT2D eigenvalue weighted by atomic mass is 19.4. The molecule has 1 aromatic heterocycles. The van der Waals surface area contributed by atoms with Crippen molar-refractivity contribution in [3.05, 3.63) is 54.0 Å². The summed E-state index contributed by atoms with van der Waals surface area (Å²) < 4.78 is 43.4. The minimum atomic E-state index is -4.52. The maximum atomic E-state index is 12.8. The van der Waals surface area contributed by atoms with Crippen molar-refractivity contribution >= 4 is 11.8 Å². The summed E-state index contributed by atoms with van der Waals surface area (Å²) in [6.07, 6.45) is -2.05. The highest BCUT2D eigenvalue weighted by molar-refractivity contribution is 5.65. The van der Waals surface area contributed by atoms with Crippen molar-refractivity contribution in [2.75, 3.05) is 31.1 Å². The van der Waals surface area contributed by atoms with Gasteiger partial charge in [0.1, 0.15) is 5.82 Å². The largest absolute Gasteiger partial charge is 0.466 e. The van der Waals surface area contributed by atoms with Crippen LogP contribution < -0.4 is 4.90 Å². The lowest BCUT2D eigenvalue weighted by Gasteiger charge is -2.42. The van der Waals surface area contributed by atoms with Crippen LogP contribution >= 0.6 is 0 Å². The first kappa shape index (κ1) is 21.0. The van der Waals surface area contributed by atoms with Crippen molar-refractivity contribution in [1.29, 1.82) is 0 Å². The molecule has 156 valence electrons. The molecule has 3 rings (SSSR count). The van der Waals surface area contributed by atoms with Crippen molar-refractivity contribution < 1.29 is 22.7 Å². The Bertz CT molecular complexity index is 800. The van der Waals surface area contributed by atoms with Crippen LogP contribution in [0.15, 0.2) is 42.7 Å². The number of aromatic nitrogens is 2. The van der Waals surface area contributed by atoms with Gasteiger partial charge in [0, 0.05) is 45.6 Å². The molecule has 1 saturated heterocycles. The predicted molar refractivity (Wildman–Crippen MR) is 101 cm³/mol. The van der Waals surface area contributed by atoms with Crippen molar-refractivity contribution in [1.82, 2.24) is 14.9 Å². The van der Waals surface area contributed by atoms with Gasteiger partial charge in [-0.25, -0.2) is 9.97 Å². The minimum Gasteiger partial charge on any atom is -0.466 e. The number of ether oxygens (including phenoxy) is 1. The lowest BCUT2D eigenvalue weighted by atomic mass is 10.1. The maximum Gasteiger partial charge on any atom is 0.434 e. The van der Waals surface area contributed by atoms with E-state index in [1.165, 1.54) is 12.5 Å². The molecule has 2 aromatic rings. The van der Waals surface area contributed by atoms with Crippen LogP contribution in [0.25, 0.3) is 0 Å². The summed E-state index contributed by atoms with van der Waals surface area (Å²) in [6.45, 7) is 4.38. The fraction of sp³-hybridized carbons (Fsp3) is 0.450. The second-order valence-corrected chi connectivity index (χ2v) is 6.95. The Morgan fingerprint density at radius 1 is 1.17 bits per heavy atom. The zero-order valence-corrected chi connectivity index (χ0v) is 16.1. The number of halogens is 3. The summed E-state index contributed by atoms with van der Waals surface area (Å²) in [5, 5.41) is 0. The number of benzene rings is 1. The second-order valence-electron chi connectivity index (χ2n) is 6.95.